The number of nitrogens with one attached hydrogen (secondary N) is 1. The summed E-state index contributed by atoms with van der Waals surface area (Å²) in [6, 6.07) is 6.42. The van der Waals surface area contributed by atoms with E-state index in [9.17, 15) is 0 Å². The van der Waals surface area contributed by atoms with Crippen molar-refractivity contribution in [3.05, 3.63) is 28.8 Å². The van der Waals surface area contributed by atoms with Gasteiger partial charge in [-0.2, -0.15) is 0 Å². The Morgan fingerprint density at radius 2 is 2.05 bits per heavy atom. The number of halogens is 1. The minimum Gasteiger partial charge on any atom is -0.490 e. The predicted octanol–water partition coefficient (Wildman–Crippen LogP) is 4.72. The van der Waals surface area contributed by atoms with Gasteiger partial charge in [-0.05, 0) is 43.5 Å². The molecule has 0 radical (unpaired) electrons. The van der Waals surface area contributed by atoms with Gasteiger partial charge in [-0.25, -0.2) is 0 Å². The lowest BCUT2D eigenvalue weighted by Gasteiger charge is -2.38. The van der Waals surface area contributed by atoms with E-state index in [1.807, 2.05) is 12.1 Å². The van der Waals surface area contributed by atoms with E-state index in [0.717, 1.165) is 29.7 Å². The lowest BCUT2D eigenvalue weighted by molar-refractivity contribution is 0.0731. The minimum atomic E-state index is 0.369. The molecule has 2 unspecified atom stereocenters. The molecule has 1 aliphatic carbocycles. The van der Waals surface area contributed by atoms with Gasteiger partial charge in [0.1, 0.15) is 11.9 Å². The molecule has 1 fully saturated rings. The van der Waals surface area contributed by atoms with E-state index in [0.29, 0.717) is 12.1 Å². The summed E-state index contributed by atoms with van der Waals surface area (Å²) in [5.41, 5.74) is 1.23. The van der Waals surface area contributed by atoms with Gasteiger partial charge in [-0.15, -0.1) is 0 Å². The first-order chi connectivity index (χ1) is 9.78. The van der Waals surface area contributed by atoms with Crippen LogP contribution in [0.3, 0.4) is 0 Å². The smallest absolute Gasteiger partial charge is 0.124 e. The summed E-state index contributed by atoms with van der Waals surface area (Å²) in [5.74, 6) is 1.76. The molecule has 1 aromatic carbocycles. The third-order valence-corrected chi connectivity index (χ3v) is 4.95. The first-order valence-corrected chi connectivity index (χ1v) is 8.35. The molecule has 1 saturated carbocycles. The summed E-state index contributed by atoms with van der Waals surface area (Å²) in [4.78, 5) is 0. The van der Waals surface area contributed by atoms with Crippen LogP contribution in [0.4, 0.5) is 0 Å². The minimum absolute atomic E-state index is 0.369. The van der Waals surface area contributed by atoms with Gasteiger partial charge in [0.25, 0.3) is 0 Å². The molecule has 2 atom stereocenters. The summed E-state index contributed by atoms with van der Waals surface area (Å²) < 4.78 is 6.30. The van der Waals surface area contributed by atoms with E-state index in [1.54, 1.807) is 0 Å². The Morgan fingerprint density at radius 3 is 2.80 bits per heavy atom. The van der Waals surface area contributed by atoms with Gasteiger partial charge < -0.3 is 10.1 Å². The molecule has 2 nitrogen and oxygen atoms in total. The van der Waals surface area contributed by atoms with Crippen LogP contribution in [0.1, 0.15) is 57.1 Å². The maximum absolute atomic E-state index is 6.30. The van der Waals surface area contributed by atoms with E-state index < -0.39 is 0 Å². The van der Waals surface area contributed by atoms with Crippen molar-refractivity contribution in [2.75, 3.05) is 6.54 Å². The summed E-state index contributed by atoms with van der Waals surface area (Å²) in [5, 5.41) is 4.40. The monoisotopic (exact) mass is 293 g/mol. The van der Waals surface area contributed by atoms with Crippen molar-refractivity contribution >= 4 is 11.6 Å². The lowest BCUT2D eigenvalue weighted by Crippen LogP contribution is -2.38. The second-order valence-electron chi connectivity index (χ2n) is 6.08. The standard InChI is InChI=1S/C17H24ClNO/c1-2-19-15-11-17(12-6-4-3-5-7-12)20-16-9-8-13(18)10-14(15)16/h8-10,12,15,17,19H,2-7,11H2,1H3. The normalized spacial score (nSPS) is 26.9. The SMILES string of the molecule is CCNC1CC(C2CCCCC2)Oc2ccc(Cl)cc21. The molecule has 110 valence electrons. The van der Waals surface area contributed by atoms with Gasteiger partial charge in [0.05, 0.1) is 0 Å². The zero-order chi connectivity index (χ0) is 13.9. The highest BCUT2D eigenvalue weighted by Crippen LogP contribution is 2.41. The molecule has 3 heteroatoms. The van der Waals surface area contributed by atoms with Gasteiger partial charge in [-0.3, -0.25) is 0 Å². The average molecular weight is 294 g/mol. The molecule has 0 saturated heterocycles. The van der Waals surface area contributed by atoms with Crippen LogP contribution < -0.4 is 10.1 Å². The quantitative estimate of drug-likeness (QED) is 0.870. The van der Waals surface area contributed by atoms with Crippen molar-refractivity contribution in [1.82, 2.24) is 5.32 Å². The predicted molar refractivity (Wildman–Crippen MR) is 83.5 cm³/mol. The fraction of sp³-hybridized carbons (Fsp3) is 0.647. The van der Waals surface area contributed by atoms with Crippen molar-refractivity contribution in [3.8, 4) is 5.75 Å². The third kappa shape index (κ3) is 2.96. The molecule has 0 bridgehead atoms. The second-order valence-corrected chi connectivity index (χ2v) is 6.52. The van der Waals surface area contributed by atoms with E-state index in [1.165, 1.54) is 37.7 Å². The molecular weight excluding hydrogens is 270 g/mol. The lowest BCUT2D eigenvalue weighted by atomic mass is 9.81. The molecule has 1 aliphatic heterocycles. The Bertz CT molecular complexity index is 456. The first-order valence-electron chi connectivity index (χ1n) is 7.97. The third-order valence-electron chi connectivity index (χ3n) is 4.72. The number of hydrogen-bond donors (Lipinski definition) is 1. The molecule has 1 aromatic rings. The molecule has 2 aliphatic rings. The van der Waals surface area contributed by atoms with E-state index in [2.05, 4.69) is 18.3 Å². The molecule has 1 heterocycles. The van der Waals surface area contributed by atoms with Crippen LogP contribution in [0.5, 0.6) is 5.75 Å². The largest absolute Gasteiger partial charge is 0.490 e. The highest BCUT2D eigenvalue weighted by molar-refractivity contribution is 6.30. The number of rotatable bonds is 3. The average Bonchev–Trinajstić information content (AvgIpc) is 2.49. The zero-order valence-electron chi connectivity index (χ0n) is 12.2. The van der Waals surface area contributed by atoms with Gasteiger partial charge in [0.15, 0.2) is 0 Å². The highest BCUT2D eigenvalue weighted by atomic mass is 35.5. The van der Waals surface area contributed by atoms with Gasteiger partial charge >= 0.3 is 0 Å². The van der Waals surface area contributed by atoms with Crippen LogP contribution >= 0.6 is 11.6 Å². The van der Waals surface area contributed by atoms with Crippen LogP contribution in [0.25, 0.3) is 0 Å². The van der Waals surface area contributed by atoms with Crippen molar-refractivity contribution in [1.29, 1.82) is 0 Å². The Hall–Kier alpha value is -0.730. The summed E-state index contributed by atoms with van der Waals surface area (Å²) >= 11 is 6.14. The fourth-order valence-electron chi connectivity index (χ4n) is 3.70. The Balaban J connectivity index is 1.82. The second kappa shape index (κ2) is 6.36. The number of benzene rings is 1. The molecular formula is C17H24ClNO. The van der Waals surface area contributed by atoms with Crippen LogP contribution in [-0.4, -0.2) is 12.6 Å². The van der Waals surface area contributed by atoms with Gasteiger partial charge in [-0.1, -0.05) is 37.8 Å². The summed E-state index contributed by atoms with van der Waals surface area (Å²) in [6.45, 7) is 3.14. The number of ether oxygens (including phenoxy) is 1. The molecule has 0 aromatic heterocycles. The maximum atomic E-state index is 6.30. The zero-order valence-corrected chi connectivity index (χ0v) is 13.0. The first kappa shape index (κ1) is 14.2. The number of fused-ring (bicyclic) bond motifs is 1. The molecule has 20 heavy (non-hydrogen) atoms. The van der Waals surface area contributed by atoms with Crippen LogP contribution in [0.15, 0.2) is 18.2 Å². The Morgan fingerprint density at radius 1 is 1.25 bits per heavy atom. The van der Waals surface area contributed by atoms with E-state index >= 15 is 0 Å². The molecule has 3 rings (SSSR count). The summed E-state index contributed by atoms with van der Waals surface area (Å²) in [7, 11) is 0. The van der Waals surface area contributed by atoms with Gasteiger partial charge in [0.2, 0.25) is 0 Å². The van der Waals surface area contributed by atoms with Crippen LogP contribution in [0, 0.1) is 5.92 Å². The van der Waals surface area contributed by atoms with E-state index in [4.69, 9.17) is 16.3 Å². The number of hydrogen-bond acceptors (Lipinski definition) is 2. The molecule has 0 spiro atoms. The Labute approximate surface area is 126 Å². The van der Waals surface area contributed by atoms with Crippen molar-refractivity contribution in [2.45, 2.75) is 57.6 Å². The fourth-order valence-corrected chi connectivity index (χ4v) is 3.88. The van der Waals surface area contributed by atoms with Crippen molar-refractivity contribution in [3.63, 3.8) is 0 Å². The molecule has 1 N–H and O–H groups in total. The van der Waals surface area contributed by atoms with Gasteiger partial charge in [0, 0.05) is 23.0 Å². The van der Waals surface area contributed by atoms with E-state index in [-0.39, 0.29) is 0 Å². The topological polar surface area (TPSA) is 21.3 Å². The highest BCUT2D eigenvalue weighted by Gasteiger charge is 2.33. The molecule has 0 amide bonds. The maximum Gasteiger partial charge on any atom is 0.124 e. The van der Waals surface area contributed by atoms with Crippen molar-refractivity contribution < 1.29 is 4.74 Å². The van der Waals surface area contributed by atoms with Crippen LogP contribution in [0.2, 0.25) is 5.02 Å². The Kier molecular flexibility index (Phi) is 4.52. The van der Waals surface area contributed by atoms with Crippen LogP contribution in [-0.2, 0) is 0 Å². The van der Waals surface area contributed by atoms with Crippen molar-refractivity contribution in [2.24, 2.45) is 5.92 Å². The summed E-state index contributed by atoms with van der Waals surface area (Å²) in [6.07, 6.45) is 8.22.